The summed E-state index contributed by atoms with van der Waals surface area (Å²) in [5.41, 5.74) is 1.78. The van der Waals surface area contributed by atoms with Crippen LogP contribution in [0.3, 0.4) is 0 Å². The summed E-state index contributed by atoms with van der Waals surface area (Å²) >= 11 is 3.17. The maximum Gasteiger partial charge on any atom is 0.423 e. The van der Waals surface area contributed by atoms with Gasteiger partial charge in [0.1, 0.15) is 11.5 Å². The summed E-state index contributed by atoms with van der Waals surface area (Å²) in [6.07, 6.45) is 2.27. The van der Waals surface area contributed by atoms with Crippen LogP contribution in [0.1, 0.15) is 24.3 Å². The molecule has 5 rings (SSSR count). The van der Waals surface area contributed by atoms with E-state index in [0.29, 0.717) is 21.8 Å². The minimum atomic E-state index is -1.04. The first kappa shape index (κ1) is 23.2. The van der Waals surface area contributed by atoms with Crippen LogP contribution in [0, 0.1) is 17.8 Å². The van der Waals surface area contributed by atoms with E-state index < -0.39 is 41.6 Å². The van der Waals surface area contributed by atoms with Gasteiger partial charge < -0.3 is 14.6 Å². The second-order valence-corrected chi connectivity index (χ2v) is 9.66. The summed E-state index contributed by atoms with van der Waals surface area (Å²) in [5, 5.41) is 9.98. The first-order valence-corrected chi connectivity index (χ1v) is 11.7. The number of halogens is 1. The highest BCUT2D eigenvalue weighted by Crippen LogP contribution is 2.56. The summed E-state index contributed by atoms with van der Waals surface area (Å²) < 4.78 is 10.2. The highest BCUT2D eigenvalue weighted by atomic mass is 79.9. The van der Waals surface area contributed by atoms with E-state index in [-0.39, 0.29) is 45.8 Å². The molecule has 0 spiro atoms. The number of hydrogen-bond acceptors (Lipinski definition) is 8. The highest BCUT2D eigenvalue weighted by Gasteiger charge is 2.58. The Balaban J connectivity index is 1.70. The van der Waals surface area contributed by atoms with Crippen LogP contribution in [0.25, 0.3) is 0 Å². The molecule has 4 unspecified atom stereocenters. The molecule has 180 valence electrons. The maximum atomic E-state index is 13.3. The number of hydrogen-bond donors (Lipinski definition) is 1. The number of nitrogens with zero attached hydrogens (tertiary/aromatic N) is 1. The number of methoxy groups -OCH3 is 2. The third-order valence-corrected chi connectivity index (χ3v) is 7.81. The van der Waals surface area contributed by atoms with Crippen LogP contribution >= 0.6 is 15.9 Å². The Bertz CT molecular complexity index is 1320. The van der Waals surface area contributed by atoms with Crippen molar-refractivity contribution in [1.82, 2.24) is 4.90 Å². The lowest BCUT2D eigenvalue weighted by Gasteiger charge is -2.42. The maximum absolute atomic E-state index is 13.3. The largest absolute Gasteiger partial charge is 0.508 e. The molecular weight excluding hydrogens is 522 g/mol. The number of fused-ring (bicyclic) bond motifs is 3. The molecular formula is C25H20BrNO8. The number of carbonyl (C=O) groups excluding carboxylic acids is 5. The number of likely N-dealkylation sites (tertiary alicyclic amines) is 1. The SMILES string of the molecule is COC(=O)N1C(=O)C2CC=C3C(c4ccc(O)cc4OC)C4=C(CC3C2C1=O)C(=O)C(Br)=CC4=O. The number of aromatic hydroxyl groups is 1. The molecule has 1 N–H and O–H groups in total. The zero-order valence-electron chi connectivity index (χ0n) is 18.7. The van der Waals surface area contributed by atoms with E-state index in [1.54, 1.807) is 6.07 Å². The van der Waals surface area contributed by atoms with Gasteiger partial charge in [0.15, 0.2) is 11.6 Å². The predicted octanol–water partition coefficient (Wildman–Crippen LogP) is 2.93. The summed E-state index contributed by atoms with van der Waals surface area (Å²) in [6, 6.07) is 4.49. The second kappa shape index (κ2) is 8.30. The lowest BCUT2D eigenvalue weighted by atomic mass is 9.59. The zero-order valence-corrected chi connectivity index (χ0v) is 20.3. The summed E-state index contributed by atoms with van der Waals surface area (Å²) in [6.45, 7) is 0. The molecule has 35 heavy (non-hydrogen) atoms. The van der Waals surface area contributed by atoms with Gasteiger partial charge in [-0.25, -0.2) is 4.79 Å². The van der Waals surface area contributed by atoms with Crippen LogP contribution in [-0.2, 0) is 23.9 Å². The first-order chi connectivity index (χ1) is 16.7. The number of ketones is 2. The Morgan fingerprint density at radius 2 is 1.86 bits per heavy atom. The van der Waals surface area contributed by atoms with E-state index in [1.165, 1.54) is 25.3 Å². The molecule has 0 bridgehead atoms. The Kier molecular flexibility index (Phi) is 5.51. The van der Waals surface area contributed by atoms with Crippen molar-refractivity contribution in [3.8, 4) is 11.5 Å². The van der Waals surface area contributed by atoms with Gasteiger partial charge in [-0.15, -0.1) is 0 Å². The van der Waals surface area contributed by atoms with Gasteiger partial charge in [-0.1, -0.05) is 17.7 Å². The number of Topliss-reactive ketones (excluding diaryl/α,β-unsaturated/α-hetero) is 1. The van der Waals surface area contributed by atoms with E-state index in [9.17, 15) is 29.1 Å². The van der Waals surface area contributed by atoms with Gasteiger partial charge in [-0.05, 0) is 40.8 Å². The lowest BCUT2D eigenvalue weighted by molar-refractivity contribution is -0.137. The van der Waals surface area contributed by atoms with E-state index in [4.69, 9.17) is 4.74 Å². The van der Waals surface area contributed by atoms with E-state index in [0.717, 1.165) is 7.11 Å². The van der Waals surface area contributed by atoms with E-state index in [2.05, 4.69) is 20.7 Å². The normalized spacial score (nSPS) is 27.7. The third-order valence-electron chi connectivity index (χ3n) is 7.22. The van der Waals surface area contributed by atoms with Gasteiger partial charge in [0, 0.05) is 34.8 Å². The Labute approximate surface area is 208 Å². The van der Waals surface area contributed by atoms with Crippen molar-refractivity contribution in [3.63, 3.8) is 0 Å². The molecule has 9 nitrogen and oxygen atoms in total. The van der Waals surface area contributed by atoms with Gasteiger partial charge in [-0.2, -0.15) is 4.90 Å². The molecule has 0 radical (unpaired) electrons. The number of allylic oxidation sites excluding steroid dienone is 6. The fourth-order valence-electron chi connectivity index (χ4n) is 5.77. The minimum absolute atomic E-state index is 0.0381. The lowest BCUT2D eigenvalue weighted by Crippen LogP contribution is -2.40. The van der Waals surface area contributed by atoms with Crippen molar-refractivity contribution in [2.24, 2.45) is 17.8 Å². The number of imide groups is 3. The van der Waals surface area contributed by atoms with Crippen molar-refractivity contribution in [2.75, 3.05) is 14.2 Å². The van der Waals surface area contributed by atoms with Crippen molar-refractivity contribution < 1.29 is 38.6 Å². The molecule has 1 aromatic carbocycles. The number of phenols is 1. The number of ether oxygens (including phenoxy) is 2. The van der Waals surface area contributed by atoms with Crippen LogP contribution < -0.4 is 4.74 Å². The molecule has 1 aliphatic heterocycles. The van der Waals surface area contributed by atoms with Crippen LogP contribution in [0.4, 0.5) is 4.79 Å². The minimum Gasteiger partial charge on any atom is -0.508 e. The number of phenolic OH excluding ortho intramolecular Hbond substituents is 1. The first-order valence-electron chi connectivity index (χ1n) is 10.9. The van der Waals surface area contributed by atoms with Crippen molar-refractivity contribution in [2.45, 2.75) is 18.8 Å². The summed E-state index contributed by atoms with van der Waals surface area (Å²) in [7, 11) is 2.52. The zero-order chi connectivity index (χ0) is 25.2. The van der Waals surface area contributed by atoms with Crippen molar-refractivity contribution in [1.29, 1.82) is 0 Å². The number of carbonyl (C=O) groups is 5. The second-order valence-electron chi connectivity index (χ2n) is 8.80. The average Bonchev–Trinajstić information content (AvgIpc) is 3.10. The van der Waals surface area contributed by atoms with Gasteiger partial charge in [0.25, 0.3) is 0 Å². The van der Waals surface area contributed by atoms with E-state index in [1.807, 2.05) is 6.08 Å². The smallest absolute Gasteiger partial charge is 0.423 e. The molecule has 4 aliphatic rings. The predicted molar refractivity (Wildman–Crippen MR) is 123 cm³/mol. The summed E-state index contributed by atoms with van der Waals surface area (Å²) in [5.74, 6) is -4.74. The Hall–Kier alpha value is -3.53. The fourth-order valence-corrected chi connectivity index (χ4v) is 6.22. The van der Waals surface area contributed by atoms with Crippen molar-refractivity contribution >= 4 is 45.4 Å². The molecule has 3 amide bonds. The molecule has 1 saturated heterocycles. The van der Waals surface area contributed by atoms with Crippen LogP contribution in [-0.4, -0.2) is 53.7 Å². The topological polar surface area (TPSA) is 127 Å². The molecule has 0 saturated carbocycles. The summed E-state index contributed by atoms with van der Waals surface area (Å²) in [4.78, 5) is 65.4. The Morgan fingerprint density at radius 1 is 1.11 bits per heavy atom. The quantitative estimate of drug-likeness (QED) is 0.344. The molecule has 1 fully saturated rings. The van der Waals surface area contributed by atoms with Gasteiger partial charge in [0.05, 0.1) is 30.5 Å². The number of benzene rings is 1. The molecule has 10 heteroatoms. The molecule has 0 aromatic heterocycles. The van der Waals surface area contributed by atoms with E-state index >= 15 is 0 Å². The monoisotopic (exact) mass is 541 g/mol. The number of rotatable bonds is 2. The van der Waals surface area contributed by atoms with Crippen LogP contribution in [0.5, 0.6) is 11.5 Å². The molecule has 1 aromatic rings. The van der Waals surface area contributed by atoms with Crippen LogP contribution in [0.2, 0.25) is 0 Å². The Morgan fingerprint density at radius 3 is 2.54 bits per heavy atom. The highest BCUT2D eigenvalue weighted by molar-refractivity contribution is 9.12. The van der Waals surface area contributed by atoms with Crippen molar-refractivity contribution in [3.05, 3.63) is 57.1 Å². The average molecular weight is 542 g/mol. The standard InChI is InChI=1S/C25H20BrNO8/c1-34-18-7-10(28)3-4-12(18)19-11-5-6-13-20(24(32)27(23(13)31)25(33)35-2)14(11)8-15-21(19)17(29)9-16(26)22(15)30/h3-5,7,9,13-14,19-20,28H,6,8H2,1-2H3. The van der Waals surface area contributed by atoms with Gasteiger partial charge >= 0.3 is 6.09 Å². The third kappa shape index (κ3) is 3.30. The molecule has 4 atom stereocenters. The van der Waals surface area contributed by atoms with Gasteiger partial charge in [0.2, 0.25) is 11.8 Å². The number of amides is 3. The van der Waals surface area contributed by atoms with Crippen LogP contribution in [0.15, 0.2) is 51.6 Å². The fraction of sp³-hybridized carbons (Fsp3) is 0.320. The molecule has 1 heterocycles. The van der Waals surface area contributed by atoms with Gasteiger partial charge in [-0.3, -0.25) is 19.2 Å². The molecule has 3 aliphatic carbocycles.